The molecular weight excluding hydrogens is 390 g/mol. The Morgan fingerprint density at radius 2 is 2.00 bits per heavy atom. The zero-order valence-corrected chi connectivity index (χ0v) is 18.2. The van der Waals surface area contributed by atoms with Crippen LogP contribution in [0.3, 0.4) is 0 Å². The molecule has 0 aromatic heterocycles. The van der Waals surface area contributed by atoms with Gasteiger partial charge in [0.1, 0.15) is 0 Å². The summed E-state index contributed by atoms with van der Waals surface area (Å²) in [4.78, 5) is 44.6. The van der Waals surface area contributed by atoms with Crippen molar-refractivity contribution >= 4 is 29.3 Å². The predicted octanol–water partition coefficient (Wildman–Crippen LogP) is 2.55. The van der Waals surface area contributed by atoms with E-state index in [4.69, 9.17) is 11.6 Å². The molecule has 2 saturated heterocycles. The van der Waals surface area contributed by atoms with Crippen LogP contribution in [0.15, 0.2) is 24.3 Å². The normalized spacial score (nSPS) is 25.2. The third-order valence-electron chi connectivity index (χ3n) is 6.03. The smallest absolute Gasteiger partial charge is 0.240 e. The summed E-state index contributed by atoms with van der Waals surface area (Å²) in [7, 11) is 3.79. The van der Waals surface area contributed by atoms with Crippen molar-refractivity contribution in [2.45, 2.75) is 38.0 Å². The zero-order chi connectivity index (χ0) is 21.2. The summed E-state index contributed by atoms with van der Waals surface area (Å²) in [5, 5.41) is 0.419. The number of nitrogens with zero attached hydrogens (tertiary/aromatic N) is 3. The lowest BCUT2D eigenvalue weighted by Crippen LogP contribution is -2.46. The molecule has 1 aromatic rings. The molecule has 3 amide bonds. The number of hydrogen-bond donors (Lipinski definition) is 0. The molecule has 2 fully saturated rings. The number of hydrogen-bond acceptors (Lipinski definition) is 4. The van der Waals surface area contributed by atoms with Crippen LogP contribution in [0.25, 0.3) is 0 Å². The van der Waals surface area contributed by atoms with Crippen LogP contribution in [0.4, 0.5) is 0 Å². The third-order valence-corrected chi connectivity index (χ3v) is 6.36. The third kappa shape index (κ3) is 4.48. The summed E-state index contributed by atoms with van der Waals surface area (Å²) in [6.07, 6.45) is 2.04. The number of likely N-dealkylation sites (N-methyl/N-ethyl adjacent to an activating group) is 1. The average Bonchev–Trinajstić information content (AvgIpc) is 2.90. The summed E-state index contributed by atoms with van der Waals surface area (Å²) in [5.74, 6) is -0.180. The second-order valence-corrected chi connectivity index (χ2v) is 9.06. The highest BCUT2D eigenvalue weighted by Crippen LogP contribution is 2.43. The lowest BCUT2D eigenvalue weighted by molar-refractivity contribution is -0.143. The minimum absolute atomic E-state index is 0.0157. The molecular formula is C22H30ClN3O3. The van der Waals surface area contributed by atoms with Gasteiger partial charge in [-0.05, 0) is 44.5 Å². The summed E-state index contributed by atoms with van der Waals surface area (Å²) < 4.78 is 0. The lowest BCUT2D eigenvalue weighted by Gasteiger charge is -2.34. The number of carbonyl (C=O) groups excluding carboxylic acids is 3. The highest BCUT2D eigenvalue weighted by molar-refractivity contribution is 6.32. The molecule has 6 nitrogen and oxygen atoms in total. The molecule has 0 N–H and O–H groups in total. The Morgan fingerprint density at radius 3 is 2.66 bits per heavy atom. The minimum atomic E-state index is -1.22. The first kappa shape index (κ1) is 21.8. The van der Waals surface area contributed by atoms with Crippen LogP contribution < -0.4 is 0 Å². The van der Waals surface area contributed by atoms with Gasteiger partial charge in [0.2, 0.25) is 17.7 Å². The largest absolute Gasteiger partial charge is 0.342 e. The summed E-state index contributed by atoms with van der Waals surface area (Å²) in [6.45, 7) is 4.42. The van der Waals surface area contributed by atoms with Crippen molar-refractivity contribution in [3.63, 3.8) is 0 Å². The molecule has 2 aliphatic heterocycles. The monoisotopic (exact) mass is 419 g/mol. The van der Waals surface area contributed by atoms with Gasteiger partial charge >= 0.3 is 0 Å². The van der Waals surface area contributed by atoms with Crippen LogP contribution in [-0.2, 0) is 19.8 Å². The van der Waals surface area contributed by atoms with E-state index in [9.17, 15) is 14.4 Å². The van der Waals surface area contributed by atoms with Gasteiger partial charge in [0, 0.05) is 44.0 Å². The number of imide groups is 1. The van der Waals surface area contributed by atoms with E-state index in [1.54, 1.807) is 24.3 Å². The fourth-order valence-electron chi connectivity index (χ4n) is 4.41. The van der Waals surface area contributed by atoms with Crippen molar-refractivity contribution in [1.82, 2.24) is 14.7 Å². The Hall–Kier alpha value is -1.92. The fraction of sp³-hybridized carbons (Fsp3) is 0.591. The Kier molecular flexibility index (Phi) is 6.64. The van der Waals surface area contributed by atoms with Gasteiger partial charge in [-0.25, -0.2) is 0 Å². The molecule has 2 atom stereocenters. The second kappa shape index (κ2) is 8.84. The van der Waals surface area contributed by atoms with Gasteiger partial charge in [-0.15, -0.1) is 0 Å². The Balaban J connectivity index is 1.93. The van der Waals surface area contributed by atoms with Crippen LogP contribution >= 0.6 is 11.6 Å². The van der Waals surface area contributed by atoms with E-state index >= 15 is 0 Å². The second-order valence-electron chi connectivity index (χ2n) is 8.66. The maximum absolute atomic E-state index is 13.5. The van der Waals surface area contributed by atoms with E-state index in [-0.39, 0.29) is 30.6 Å². The van der Waals surface area contributed by atoms with Crippen LogP contribution in [0.5, 0.6) is 0 Å². The number of likely N-dealkylation sites (tertiary alicyclic amines) is 2. The molecule has 29 heavy (non-hydrogen) atoms. The molecule has 3 rings (SSSR count). The molecule has 7 heteroatoms. The first-order valence-corrected chi connectivity index (χ1v) is 10.6. The molecule has 2 heterocycles. The van der Waals surface area contributed by atoms with Gasteiger partial charge in [0.15, 0.2) is 0 Å². The standard InChI is InChI=1S/C22H30ClN3O3/c1-16-7-6-10-25(15-16)19(27)13-22(17-8-4-5-9-18(17)23)14-20(28)26(21(22)29)12-11-24(2)3/h4-5,8-9,16H,6-7,10-15H2,1-3H3/t16-,22-/m0/s1. The van der Waals surface area contributed by atoms with Crippen molar-refractivity contribution in [2.24, 2.45) is 5.92 Å². The minimum Gasteiger partial charge on any atom is -0.342 e. The molecule has 0 aliphatic carbocycles. The fourth-order valence-corrected chi connectivity index (χ4v) is 4.72. The van der Waals surface area contributed by atoms with Crippen molar-refractivity contribution in [1.29, 1.82) is 0 Å². The Bertz CT molecular complexity index is 797. The van der Waals surface area contributed by atoms with Crippen molar-refractivity contribution < 1.29 is 14.4 Å². The molecule has 0 spiro atoms. The number of rotatable bonds is 6. The van der Waals surface area contributed by atoms with E-state index in [0.717, 1.165) is 12.8 Å². The van der Waals surface area contributed by atoms with Gasteiger partial charge in [0.25, 0.3) is 0 Å². The zero-order valence-electron chi connectivity index (χ0n) is 17.5. The van der Waals surface area contributed by atoms with Gasteiger partial charge in [0.05, 0.1) is 5.41 Å². The number of carbonyl (C=O) groups is 3. The van der Waals surface area contributed by atoms with Crippen LogP contribution in [0, 0.1) is 5.92 Å². The van der Waals surface area contributed by atoms with E-state index in [2.05, 4.69) is 6.92 Å². The van der Waals surface area contributed by atoms with Crippen molar-refractivity contribution in [2.75, 3.05) is 40.3 Å². The van der Waals surface area contributed by atoms with Gasteiger partial charge in [-0.3, -0.25) is 19.3 Å². The van der Waals surface area contributed by atoms with Crippen LogP contribution in [0.1, 0.15) is 38.2 Å². The quantitative estimate of drug-likeness (QED) is 0.665. The highest BCUT2D eigenvalue weighted by atomic mass is 35.5. The first-order valence-electron chi connectivity index (χ1n) is 10.3. The number of piperidine rings is 1. The maximum atomic E-state index is 13.5. The molecule has 0 unspecified atom stereocenters. The van der Waals surface area contributed by atoms with E-state index in [1.165, 1.54) is 4.90 Å². The lowest BCUT2D eigenvalue weighted by atomic mass is 9.75. The van der Waals surface area contributed by atoms with Crippen molar-refractivity contribution in [3.05, 3.63) is 34.9 Å². The van der Waals surface area contributed by atoms with Gasteiger partial charge < -0.3 is 9.80 Å². The van der Waals surface area contributed by atoms with Gasteiger partial charge in [-0.1, -0.05) is 36.7 Å². The van der Waals surface area contributed by atoms with E-state index < -0.39 is 5.41 Å². The Labute approximate surface area is 177 Å². The number of halogens is 1. The number of amides is 3. The Morgan fingerprint density at radius 1 is 1.28 bits per heavy atom. The highest BCUT2D eigenvalue weighted by Gasteiger charge is 2.54. The van der Waals surface area contributed by atoms with Crippen LogP contribution in [0.2, 0.25) is 5.02 Å². The molecule has 0 bridgehead atoms. The van der Waals surface area contributed by atoms with Crippen molar-refractivity contribution in [3.8, 4) is 0 Å². The topological polar surface area (TPSA) is 60.9 Å². The van der Waals surface area contributed by atoms with E-state index in [1.807, 2.05) is 23.9 Å². The molecule has 158 valence electrons. The molecule has 0 radical (unpaired) electrons. The van der Waals surface area contributed by atoms with E-state index in [0.29, 0.717) is 42.7 Å². The maximum Gasteiger partial charge on any atom is 0.240 e. The predicted molar refractivity (Wildman–Crippen MR) is 113 cm³/mol. The summed E-state index contributed by atoms with van der Waals surface area (Å²) in [5.41, 5.74) is -0.648. The molecule has 0 saturated carbocycles. The summed E-state index contributed by atoms with van der Waals surface area (Å²) in [6, 6.07) is 7.08. The summed E-state index contributed by atoms with van der Waals surface area (Å²) >= 11 is 6.46. The average molecular weight is 420 g/mol. The number of benzene rings is 1. The molecule has 1 aromatic carbocycles. The molecule has 2 aliphatic rings. The SMILES string of the molecule is C[C@H]1CCCN(C(=O)C[C@@]2(c3ccccc3Cl)CC(=O)N(CCN(C)C)C2=O)C1. The van der Waals surface area contributed by atoms with Crippen LogP contribution in [-0.4, -0.2) is 72.7 Å². The first-order chi connectivity index (χ1) is 13.7. The van der Waals surface area contributed by atoms with Gasteiger partial charge in [-0.2, -0.15) is 0 Å².